The number of hydrogen-bond acceptors (Lipinski definition) is 4. The molecule has 0 fully saturated rings. The van der Waals surface area contributed by atoms with Gasteiger partial charge in [0.2, 0.25) is 5.91 Å². The van der Waals surface area contributed by atoms with Crippen LogP contribution < -0.4 is 11.1 Å². The van der Waals surface area contributed by atoms with Gasteiger partial charge in [-0.25, -0.2) is 9.37 Å². The number of nitrogens with zero attached hydrogens (tertiary/aromatic N) is 1. The van der Waals surface area contributed by atoms with Crippen LogP contribution in [0, 0.1) is 5.82 Å². The van der Waals surface area contributed by atoms with Crippen molar-refractivity contribution >= 4 is 22.4 Å². The molecule has 6 heteroatoms. The Hall–Kier alpha value is -1.95. The molecular formula is C13H14FN3OS. The van der Waals surface area contributed by atoms with E-state index >= 15 is 0 Å². The highest BCUT2D eigenvalue weighted by atomic mass is 32.1. The van der Waals surface area contributed by atoms with Crippen LogP contribution in [0.25, 0.3) is 0 Å². The number of benzene rings is 1. The smallest absolute Gasteiger partial charge is 0.226 e. The number of anilines is 1. The molecule has 0 unspecified atom stereocenters. The van der Waals surface area contributed by atoms with E-state index in [1.807, 2.05) is 6.92 Å². The summed E-state index contributed by atoms with van der Waals surface area (Å²) in [6.45, 7) is 1.85. The summed E-state index contributed by atoms with van der Waals surface area (Å²) in [5.41, 5.74) is 7.01. The maximum Gasteiger partial charge on any atom is 0.226 e. The highest BCUT2D eigenvalue weighted by molar-refractivity contribution is 7.13. The van der Waals surface area contributed by atoms with E-state index in [1.54, 1.807) is 17.5 Å². The minimum Gasteiger partial charge on any atom is -0.375 e. The third kappa shape index (κ3) is 3.75. The number of carbonyl (C=O) groups is 1. The Morgan fingerprint density at radius 2 is 2.16 bits per heavy atom. The van der Waals surface area contributed by atoms with Gasteiger partial charge >= 0.3 is 0 Å². The zero-order chi connectivity index (χ0) is 13.8. The van der Waals surface area contributed by atoms with Gasteiger partial charge in [-0.05, 0) is 24.6 Å². The van der Waals surface area contributed by atoms with Crippen LogP contribution in [-0.2, 0) is 11.2 Å². The fourth-order valence-corrected chi connectivity index (χ4v) is 2.26. The molecule has 0 radical (unpaired) electrons. The van der Waals surface area contributed by atoms with Crippen molar-refractivity contribution in [2.75, 3.05) is 5.73 Å². The zero-order valence-electron chi connectivity index (χ0n) is 10.4. The van der Waals surface area contributed by atoms with E-state index in [1.165, 1.54) is 23.5 Å². The molecular weight excluding hydrogens is 265 g/mol. The second-order valence-electron chi connectivity index (χ2n) is 4.19. The van der Waals surface area contributed by atoms with Crippen LogP contribution in [-0.4, -0.2) is 10.9 Å². The van der Waals surface area contributed by atoms with Crippen LogP contribution in [0.5, 0.6) is 0 Å². The third-order valence-corrected chi connectivity index (χ3v) is 3.38. The summed E-state index contributed by atoms with van der Waals surface area (Å²) in [6, 6.07) is 5.88. The highest BCUT2D eigenvalue weighted by Gasteiger charge is 2.11. The number of nitrogens with one attached hydrogen (secondary N) is 1. The average molecular weight is 279 g/mol. The zero-order valence-corrected chi connectivity index (χ0v) is 11.2. The largest absolute Gasteiger partial charge is 0.375 e. The van der Waals surface area contributed by atoms with E-state index in [0.717, 1.165) is 5.56 Å². The Balaban J connectivity index is 1.93. The number of hydrogen-bond donors (Lipinski definition) is 2. The Labute approximate surface area is 114 Å². The van der Waals surface area contributed by atoms with Gasteiger partial charge in [0.05, 0.1) is 18.2 Å². The van der Waals surface area contributed by atoms with Gasteiger partial charge in [-0.2, -0.15) is 0 Å². The molecule has 0 aliphatic rings. The quantitative estimate of drug-likeness (QED) is 0.902. The lowest BCUT2D eigenvalue weighted by atomic mass is 10.1. The van der Waals surface area contributed by atoms with Crippen LogP contribution in [0.15, 0.2) is 29.6 Å². The first-order chi connectivity index (χ1) is 9.04. The third-order valence-electron chi connectivity index (χ3n) is 2.66. The van der Waals surface area contributed by atoms with Gasteiger partial charge in [0.15, 0.2) is 5.13 Å². The molecule has 1 heterocycles. The van der Waals surface area contributed by atoms with Crippen LogP contribution in [0.2, 0.25) is 0 Å². The molecule has 1 atom stereocenters. The van der Waals surface area contributed by atoms with E-state index in [0.29, 0.717) is 10.8 Å². The number of amides is 1. The van der Waals surface area contributed by atoms with E-state index in [4.69, 9.17) is 5.73 Å². The predicted molar refractivity (Wildman–Crippen MR) is 73.2 cm³/mol. The first-order valence-corrected chi connectivity index (χ1v) is 6.67. The molecule has 0 saturated heterocycles. The fourth-order valence-electron chi connectivity index (χ4n) is 1.70. The Bertz CT molecular complexity index is 568. The monoisotopic (exact) mass is 279 g/mol. The summed E-state index contributed by atoms with van der Waals surface area (Å²) >= 11 is 1.31. The van der Waals surface area contributed by atoms with Crippen molar-refractivity contribution in [3.05, 3.63) is 46.7 Å². The molecule has 1 amide bonds. The van der Waals surface area contributed by atoms with Crippen molar-refractivity contribution in [3.8, 4) is 0 Å². The number of rotatable bonds is 4. The minimum absolute atomic E-state index is 0.137. The summed E-state index contributed by atoms with van der Waals surface area (Å²) in [4.78, 5) is 15.8. The molecule has 0 saturated carbocycles. The first-order valence-electron chi connectivity index (χ1n) is 5.79. The maximum absolute atomic E-state index is 12.8. The van der Waals surface area contributed by atoms with Crippen molar-refractivity contribution < 1.29 is 9.18 Å². The molecule has 0 aliphatic heterocycles. The molecule has 0 spiro atoms. The predicted octanol–water partition coefficient (Wildman–Crippen LogP) is 2.28. The van der Waals surface area contributed by atoms with Gasteiger partial charge in [0, 0.05) is 5.38 Å². The standard InChI is InChI=1S/C13H14FN3OS/c1-8(9-2-4-10(14)5-3-9)16-12(18)6-11-7-19-13(15)17-11/h2-5,7-8H,6H2,1H3,(H2,15,17)(H,16,18)/t8-/m0/s1. The normalized spacial score (nSPS) is 12.1. The molecule has 3 N–H and O–H groups in total. The van der Waals surface area contributed by atoms with Crippen LogP contribution in [0.3, 0.4) is 0 Å². The Morgan fingerprint density at radius 1 is 1.47 bits per heavy atom. The lowest BCUT2D eigenvalue weighted by Gasteiger charge is -2.13. The molecule has 1 aromatic carbocycles. The van der Waals surface area contributed by atoms with E-state index < -0.39 is 0 Å². The number of thiazole rings is 1. The van der Waals surface area contributed by atoms with E-state index in [9.17, 15) is 9.18 Å². The van der Waals surface area contributed by atoms with Crippen molar-refractivity contribution in [1.29, 1.82) is 0 Å². The van der Waals surface area contributed by atoms with Crippen LogP contribution >= 0.6 is 11.3 Å². The van der Waals surface area contributed by atoms with Gasteiger partial charge in [0.25, 0.3) is 0 Å². The molecule has 2 rings (SSSR count). The number of carbonyl (C=O) groups excluding carboxylic acids is 1. The van der Waals surface area contributed by atoms with Gasteiger partial charge in [-0.15, -0.1) is 11.3 Å². The van der Waals surface area contributed by atoms with Gasteiger partial charge in [0.1, 0.15) is 5.82 Å². The van der Waals surface area contributed by atoms with E-state index in [-0.39, 0.29) is 24.2 Å². The number of aromatic nitrogens is 1. The summed E-state index contributed by atoms with van der Waals surface area (Å²) in [5, 5.41) is 5.05. The maximum atomic E-state index is 12.8. The molecule has 4 nitrogen and oxygen atoms in total. The van der Waals surface area contributed by atoms with Crippen molar-refractivity contribution in [2.24, 2.45) is 0 Å². The molecule has 100 valence electrons. The van der Waals surface area contributed by atoms with Crippen molar-refractivity contribution in [3.63, 3.8) is 0 Å². The summed E-state index contributed by atoms with van der Waals surface area (Å²) < 4.78 is 12.8. The molecule has 0 bridgehead atoms. The Kier molecular flexibility index (Phi) is 4.11. The van der Waals surface area contributed by atoms with E-state index in [2.05, 4.69) is 10.3 Å². The van der Waals surface area contributed by atoms with Crippen LogP contribution in [0.4, 0.5) is 9.52 Å². The molecule has 0 aliphatic carbocycles. The molecule has 19 heavy (non-hydrogen) atoms. The van der Waals surface area contributed by atoms with Crippen molar-refractivity contribution in [1.82, 2.24) is 10.3 Å². The number of nitrogens with two attached hydrogens (primary N) is 1. The first kappa shape index (κ1) is 13.5. The minimum atomic E-state index is -0.291. The average Bonchev–Trinajstić information content (AvgIpc) is 2.75. The summed E-state index contributed by atoms with van der Waals surface area (Å²) in [7, 11) is 0. The second kappa shape index (κ2) is 5.79. The SMILES string of the molecule is C[C@H](NC(=O)Cc1csc(N)n1)c1ccc(F)cc1. The summed E-state index contributed by atoms with van der Waals surface area (Å²) in [5.74, 6) is -0.428. The number of halogens is 1. The molecule has 1 aromatic heterocycles. The fraction of sp³-hybridized carbons (Fsp3) is 0.231. The summed E-state index contributed by atoms with van der Waals surface area (Å²) in [6.07, 6.45) is 0.194. The highest BCUT2D eigenvalue weighted by Crippen LogP contribution is 2.14. The lowest BCUT2D eigenvalue weighted by Crippen LogP contribution is -2.28. The topological polar surface area (TPSA) is 68.0 Å². The van der Waals surface area contributed by atoms with Gasteiger partial charge < -0.3 is 11.1 Å². The van der Waals surface area contributed by atoms with Crippen LogP contribution in [0.1, 0.15) is 24.2 Å². The van der Waals surface area contributed by atoms with Gasteiger partial charge in [-0.1, -0.05) is 12.1 Å². The Morgan fingerprint density at radius 3 is 2.74 bits per heavy atom. The molecule has 2 aromatic rings. The lowest BCUT2D eigenvalue weighted by molar-refractivity contribution is -0.121. The van der Waals surface area contributed by atoms with Crippen molar-refractivity contribution in [2.45, 2.75) is 19.4 Å². The second-order valence-corrected chi connectivity index (χ2v) is 5.08. The van der Waals surface area contributed by atoms with Gasteiger partial charge in [-0.3, -0.25) is 4.79 Å². The number of nitrogen functional groups attached to an aromatic ring is 1.